The lowest BCUT2D eigenvalue weighted by atomic mass is 10.0. The lowest BCUT2D eigenvalue weighted by Crippen LogP contribution is -2.51. The fourth-order valence-electron chi connectivity index (χ4n) is 2.71. The molecule has 1 fully saturated rings. The van der Waals surface area contributed by atoms with Crippen LogP contribution in [-0.4, -0.2) is 54.4 Å². The number of nitrogens with zero attached hydrogens (tertiary/aromatic N) is 2. The van der Waals surface area contributed by atoms with Gasteiger partial charge >= 0.3 is 6.09 Å². The third kappa shape index (κ3) is 3.43. The normalized spacial score (nSPS) is 19.3. The maximum absolute atomic E-state index is 12.8. The Hall–Kier alpha value is -1.99. The van der Waals surface area contributed by atoms with E-state index in [1.54, 1.807) is 11.1 Å². The molecule has 1 aliphatic rings. The molecule has 0 bridgehead atoms. The first-order valence-electron chi connectivity index (χ1n) is 7.39. The standard InChI is InChI=1S/C14H21BN4O3/c1-8(2)11(18-14(21)22-3)13(20)19-6-4-5-9(19)12-16-7-10(15)17-12/h7-9,11H,4-6H2,1-3H3,(H,16,17)(H,18,21)/t9?,11-/m0/s1. The summed E-state index contributed by atoms with van der Waals surface area (Å²) in [6.45, 7) is 4.40. The van der Waals surface area contributed by atoms with Crippen molar-refractivity contribution in [3.8, 4) is 0 Å². The van der Waals surface area contributed by atoms with Crippen molar-refractivity contribution in [1.29, 1.82) is 0 Å². The second-order valence-electron chi connectivity index (χ2n) is 5.77. The van der Waals surface area contributed by atoms with Gasteiger partial charge in [-0.2, -0.15) is 0 Å². The molecule has 1 aromatic rings. The van der Waals surface area contributed by atoms with E-state index in [1.165, 1.54) is 7.11 Å². The fourth-order valence-corrected chi connectivity index (χ4v) is 2.71. The lowest BCUT2D eigenvalue weighted by molar-refractivity contribution is -0.135. The molecule has 22 heavy (non-hydrogen) atoms. The van der Waals surface area contributed by atoms with Crippen LogP contribution in [0, 0.1) is 5.92 Å². The molecule has 118 valence electrons. The van der Waals surface area contributed by atoms with Crippen molar-refractivity contribution in [2.24, 2.45) is 5.92 Å². The highest BCUT2D eigenvalue weighted by atomic mass is 16.5. The van der Waals surface area contributed by atoms with Crippen LogP contribution in [0.5, 0.6) is 0 Å². The van der Waals surface area contributed by atoms with Crippen molar-refractivity contribution >= 4 is 25.4 Å². The maximum Gasteiger partial charge on any atom is 0.407 e. The zero-order valence-corrected chi connectivity index (χ0v) is 13.1. The van der Waals surface area contributed by atoms with Gasteiger partial charge in [0.15, 0.2) is 0 Å². The number of aromatic nitrogens is 2. The molecule has 0 spiro atoms. The summed E-state index contributed by atoms with van der Waals surface area (Å²) >= 11 is 0. The number of carbonyl (C=O) groups is 2. The van der Waals surface area contributed by atoms with E-state index < -0.39 is 12.1 Å². The molecule has 0 aromatic carbocycles. The molecular weight excluding hydrogens is 283 g/mol. The molecule has 2 atom stereocenters. The molecule has 1 aliphatic heterocycles. The van der Waals surface area contributed by atoms with Crippen LogP contribution < -0.4 is 10.9 Å². The van der Waals surface area contributed by atoms with Crippen LogP contribution in [0.25, 0.3) is 0 Å². The van der Waals surface area contributed by atoms with Crippen LogP contribution >= 0.6 is 0 Å². The van der Waals surface area contributed by atoms with Gasteiger partial charge in [-0.05, 0) is 24.4 Å². The Bertz CT molecular complexity index is 546. The third-order valence-electron chi connectivity index (χ3n) is 3.86. The number of hydrogen-bond donors (Lipinski definition) is 2. The van der Waals surface area contributed by atoms with Gasteiger partial charge in [-0.15, -0.1) is 0 Å². The smallest absolute Gasteiger partial charge is 0.407 e. The van der Waals surface area contributed by atoms with Gasteiger partial charge in [0.1, 0.15) is 19.7 Å². The number of aromatic amines is 1. The summed E-state index contributed by atoms with van der Waals surface area (Å²) in [6, 6.07) is -0.758. The van der Waals surface area contributed by atoms with Gasteiger partial charge in [-0.1, -0.05) is 13.8 Å². The monoisotopic (exact) mass is 304 g/mol. The topological polar surface area (TPSA) is 87.3 Å². The number of likely N-dealkylation sites (tertiary alicyclic amines) is 1. The summed E-state index contributed by atoms with van der Waals surface area (Å²) in [5.74, 6) is 0.510. The largest absolute Gasteiger partial charge is 0.453 e. The number of methoxy groups -OCH3 is 1. The molecular formula is C14H21BN4O3. The molecule has 0 aliphatic carbocycles. The van der Waals surface area contributed by atoms with Crippen LogP contribution in [0.15, 0.2) is 6.20 Å². The summed E-state index contributed by atoms with van der Waals surface area (Å²) in [7, 11) is 6.94. The summed E-state index contributed by atoms with van der Waals surface area (Å²) < 4.78 is 4.60. The number of ether oxygens (including phenoxy) is 1. The Morgan fingerprint density at radius 3 is 2.82 bits per heavy atom. The van der Waals surface area contributed by atoms with Crippen molar-refractivity contribution in [3.63, 3.8) is 0 Å². The first-order valence-corrected chi connectivity index (χ1v) is 7.39. The quantitative estimate of drug-likeness (QED) is 0.781. The van der Waals surface area contributed by atoms with E-state index in [9.17, 15) is 9.59 Å². The van der Waals surface area contributed by atoms with Gasteiger partial charge in [0.25, 0.3) is 0 Å². The number of H-pyrrole nitrogens is 1. The predicted molar refractivity (Wildman–Crippen MR) is 81.8 cm³/mol. The minimum atomic E-state index is -0.625. The number of imidazole rings is 1. The molecule has 8 heteroatoms. The molecule has 1 saturated heterocycles. The Kier molecular flexibility index (Phi) is 5.10. The van der Waals surface area contributed by atoms with Crippen LogP contribution in [0.2, 0.25) is 0 Å². The molecule has 2 amide bonds. The summed E-state index contributed by atoms with van der Waals surface area (Å²) in [5.41, 5.74) is 0.474. The first kappa shape index (κ1) is 16.4. The van der Waals surface area contributed by atoms with Crippen LogP contribution in [0.4, 0.5) is 4.79 Å². The van der Waals surface area contributed by atoms with E-state index in [1.807, 2.05) is 13.8 Å². The van der Waals surface area contributed by atoms with Crippen LogP contribution in [0.1, 0.15) is 38.6 Å². The fraction of sp³-hybridized carbons (Fsp3) is 0.643. The molecule has 7 nitrogen and oxygen atoms in total. The average Bonchev–Trinajstić information content (AvgIpc) is 3.11. The van der Waals surface area contributed by atoms with E-state index in [0.29, 0.717) is 18.0 Å². The van der Waals surface area contributed by atoms with Gasteiger partial charge in [0, 0.05) is 12.7 Å². The highest BCUT2D eigenvalue weighted by Crippen LogP contribution is 2.30. The second kappa shape index (κ2) is 6.85. The molecule has 2 radical (unpaired) electrons. The van der Waals surface area contributed by atoms with Crippen LogP contribution in [0.3, 0.4) is 0 Å². The Balaban J connectivity index is 2.16. The number of alkyl carbamates (subject to hydrolysis) is 1. The maximum atomic E-state index is 12.8. The van der Waals surface area contributed by atoms with E-state index >= 15 is 0 Å². The predicted octanol–water partition coefficient (Wildman–Crippen LogP) is 0.248. The van der Waals surface area contributed by atoms with Gasteiger partial charge in [-0.3, -0.25) is 4.79 Å². The Morgan fingerprint density at radius 1 is 1.55 bits per heavy atom. The zero-order valence-electron chi connectivity index (χ0n) is 13.1. The Morgan fingerprint density at radius 2 is 2.27 bits per heavy atom. The van der Waals surface area contributed by atoms with Crippen LogP contribution in [-0.2, 0) is 9.53 Å². The number of amides is 2. The third-order valence-corrected chi connectivity index (χ3v) is 3.86. The van der Waals surface area contributed by atoms with E-state index in [-0.39, 0.29) is 17.9 Å². The highest BCUT2D eigenvalue weighted by Gasteiger charge is 2.37. The summed E-state index contributed by atoms with van der Waals surface area (Å²) in [4.78, 5) is 33.2. The minimum absolute atomic E-state index is 0.0467. The van der Waals surface area contributed by atoms with Crippen molar-refractivity contribution in [2.45, 2.75) is 38.8 Å². The van der Waals surface area contributed by atoms with Gasteiger partial charge in [0.2, 0.25) is 5.91 Å². The minimum Gasteiger partial charge on any atom is -0.453 e. The van der Waals surface area contributed by atoms with Gasteiger partial charge < -0.3 is 19.9 Å². The van der Waals surface area contributed by atoms with E-state index in [0.717, 1.165) is 12.8 Å². The second-order valence-corrected chi connectivity index (χ2v) is 5.77. The van der Waals surface area contributed by atoms with Crippen molar-refractivity contribution in [2.75, 3.05) is 13.7 Å². The summed E-state index contributed by atoms with van der Waals surface area (Å²) in [5, 5.41) is 2.61. The molecule has 2 N–H and O–H groups in total. The molecule has 0 saturated carbocycles. The molecule has 1 aromatic heterocycles. The number of carbonyl (C=O) groups excluding carboxylic acids is 2. The molecule has 2 heterocycles. The number of rotatable bonds is 4. The van der Waals surface area contributed by atoms with Crippen molar-refractivity contribution < 1.29 is 14.3 Å². The SMILES string of the molecule is [B]c1cnc(C2CCCN2C(=O)[C@@H](NC(=O)OC)C(C)C)[nH]1. The van der Waals surface area contributed by atoms with Gasteiger partial charge in [0.05, 0.1) is 13.2 Å². The number of hydrogen-bond acceptors (Lipinski definition) is 4. The van der Waals surface area contributed by atoms with E-state index in [2.05, 4.69) is 20.0 Å². The first-order chi connectivity index (χ1) is 10.4. The van der Waals surface area contributed by atoms with Crippen molar-refractivity contribution in [1.82, 2.24) is 20.2 Å². The zero-order chi connectivity index (χ0) is 16.3. The van der Waals surface area contributed by atoms with Gasteiger partial charge in [-0.25, -0.2) is 9.78 Å². The lowest BCUT2D eigenvalue weighted by Gasteiger charge is -2.30. The summed E-state index contributed by atoms with van der Waals surface area (Å²) in [6.07, 6.45) is 2.65. The Labute approximate surface area is 131 Å². The molecule has 2 rings (SSSR count). The van der Waals surface area contributed by atoms with E-state index in [4.69, 9.17) is 7.85 Å². The average molecular weight is 304 g/mol. The molecule has 1 unspecified atom stereocenters. The highest BCUT2D eigenvalue weighted by molar-refractivity contribution is 6.30. The number of nitrogens with one attached hydrogen (secondary N) is 2. The van der Waals surface area contributed by atoms with Crippen molar-refractivity contribution in [3.05, 3.63) is 12.0 Å².